The number of aromatic carboxylic acids is 1. The van der Waals surface area contributed by atoms with E-state index in [1.54, 1.807) is 24.3 Å². The Morgan fingerprint density at radius 2 is 1.81 bits per heavy atom. The molecule has 0 atom stereocenters. The van der Waals surface area contributed by atoms with E-state index in [4.69, 9.17) is 14.6 Å². The van der Waals surface area contributed by atoms with Gasteiger partial charge in [0.1, 0.15) is 11.3 Å². The van der Waals surface area contributed by atoms with Gasteiger partial charge in [-0.15, -0.1) is 0 Å². The molecule has 108 valence electrons. The van der Waals surface area contributed by atoms with Gasteiger partial charge in [-0.3, -0.25) is 10.1 Å². The molecule has 7 heteroatoms. The average molecular weight is 289 g/mol. The number of nitro groups is 1. The standard InChI is InChI=1S/C14H11NO6/c1-20-12-4-2-3-5-13(12)21-11-7-6-9(15(18)19)8-10(11)14(16)17/h2-8H,1H3,(H,16,17). The summed E-state index contributed by atoms with van der Waals surface area (Å²) in [6.07, 6.45) is 0. The second-order valence-electron chi connectivity index (χ2n) is 4.00. The van der Waals surface area contributed by atoms with Gasteiger partial charge in [0.2, 0.25) is 0 Å². The lowest BCUT2D eigenvalue weighted by molar-refractivity contribution is -0.384. The van der Waals surface area contributed by atoms with Crippen LogP contribution in [0.4, 0.5) is 5.69 Å². The first-order chi connectivity index (χ1) is 10.0. The molecule has 0 aliphatic heterocycles. The summed E-state index contributed by atoms with van der Waals surface area (Å²) in [5, 5.41) is 19.8. The third-order valence-electron chi connectivity index (χ3n) is 2.69. The second kappa shape index (κ2) is 5.91. The molecule has 0 saturated carbocycles. The van der Waals surface area contributed by atoms with Gasteiger partial charge in [0.05, 0.1) is 12.0 Å². The summed E-state index contributed by atoms with van der Waals surface area (Å²) in [5.41, 5.74) is -0.616. The van der Waals surface area contributed by atoms with Gasteiger partial charge in [-0.05, 0) is 18.2 Å². The van der Waals surface area contributed by atoms with Crippen LogP contribution in [-0.4, -0.2) is 23.1 Å². The molecule has 21 heavy (non-hydrogen) atoms. The van der Waals surface area contributed by atoms with E-state index in [2.05, 4.69) is 0 Å². The first kappa shape index (κ1) is 14.3. The Kier molecular flexibility index (Phi) is 4.03. The molecule has 0 fully saturated rings. The zero-order valence-corrected chi connectivity index (χ0v) is 11.0. The van der Waals surface area contributed by atoms with Gasteiger partial charge in [0, 0.05) is 12.1 Å². The van der Waals surface area contributed by atoms with Crippen LogP contribution in [0.15, 0.2) is 42.5 Å². The Balaban J connectivity index is 2.44. The van der Waals surface area contributed by atoms with Crippen molar-refractivity contribution in [1.29, 1.82) is 0 Å². The van der Waals surface area contributed by atoms with Crippen molar-refractivity contribution in [3.63, 3.8) is 0 Å². The molecule has 0 heterocycles. The number of nitrogens with zero attached hydrogens (tertiary/aromatic N) is 1. The third-order valence-corrected chi connectivity index (χ3v) is 2.69. The van der Waals surface area contributed by atoms with Gasteiger partial charge in [-0.2, -0.15) is 0 Å². The number of carboxylic acids is 1. The van der Waals surface area contributed by atoms with Gasteiger partial charge in [0.25, 0.3) is 5.69 Å². The molecule has 0 aliphatic carbocycles. The molecular formula is C14H11NO6. The highest BCUT2D eigenvalue weighted by Gasteiger charge is 2.18. The van der Waals surface area contributed by atoms with Crippen molar-refractivity contribution in [2.75, 3.05) is 7.11 Å². The molecule has 7 nitrogen and oxygen atoms in total. The van der Waals surface area contributed by atoms with Gasteiger partial charge in [-0.1, -0.05) is 12.1 Å². The van der Waals surface area contributed by atoms with Gasteiger partial charge < -0.3 is 14.6 Å². The number of non-ortho nitro benzene ring substituents is 1. The summed E-state index contributed by atoms with van der Waals surface area (Å²) in [5.74, 6) is -0.579. The molecule has 0 saturated heterocycles. The van der Waals surface area contributed by atoms with Gasteiger partial charge in [-0.25, -0.2) is 4.79 Å². The second-order valence-corrected chi connectivity index (χ2v) is 4.00. The topological polar surface area (TPSA) is 98.9 Å². The Morgan fingerprint density at radius 1 is 1.14 bits per heavy atom. The van der Waals surface area contributed by atoms with Gasteiger partial charge >= 0.3 is 5.97 Å². The zero-order valence-electron chi connectivity index (χ0n) is 11.0. The van der Waals surface area contributed by atoms with E-state index in [9.17, 15) is 14.9 Å². The Labute approximate surface area is 119 Å². The summed E-state index contributed by atoms with van der Waals surface area (Å²) in [4.78, 5) is 21.2. The molecule has 0 radical (unpaired) electrons. The molecule has 2 aromatic rings. The van der Waals surface area contributed by atoms with Crippen LogP contribution in [0.1, 0.15) is 10.4 Å². The number of hydrogen-bond acceptors (Lipinski definition) is 5. The number of rotatable bonds is 5. The maximum absolute atomic E-state index is 11.2. The fourth-order valence-electron chi connectivity index (χ4n) is 1.71. The highest BCUT2D eigenvalue weighted by molar-refractivity contribution is 5.91. The van der Waals surface area contributed by atoms with Crippen LogP contribution in [-0.2, 0) is 0 Å². The SMILES string of the molecule is COc1ccccc1Oc1ccc([N+](=O)[O-])cc1C(=O)O. The van der Waals surface area contributed by atoms with Crippen molar-refractivity contribution in [2.24, 2.45) is 0 Å². The summed E-state index contributed by atoms with van der Waals surface area (Å²) in [7, 11) is 1.45. The maximum atomic E-state index is 11.2. The first-order valence-electron chi connectivity index (χ1n) is 5.85. The zero-order chi connectivity index (χ0) is 15.4. The predicted molar refractivity (Wildman–Crippen MR) is 73.1 cm³/mol. The number of para-hydroxylation sites is 2. The first-order valence-corrected chi connectivity index (χ1v) is 5.85. The molecular weight excluding hydrogens is 278 g/mol. The molecule has 1 N–H and O–H groups in total. The van der Waals surface area contributed by atoms with Crippen LogP contribution < -0.4 is 9.47 Å². The molecule has 0 amide bonds. The normalized spacial score (nSPS) is 9.95. The Hall–Kier alpha value is -3.09. The van der Waals surface area contributed by atoms with Crippen molar-refractivity contribution in [3.05, 3.63) is 58.1 Å². The molecule has 2 rings (SSSR count). The van der Waals surface area contributed by atoms with E-state index in [-0.39, 0.29) is 17.0 Å². The number of hydrogen-bond donors (Lipinski definition) is 1. The van der Waals surface area contributed by atoms with Crippen molar-refractivity contribution < 1.29 is 24.3 Å². The van der Waals surface area contributed by atoms with Crippen LogP contribution in [0, 0.1) is 10.1 Å². The summed E-state index contributed by atoms with van der Waals surface area (Å²) >= 11 is 0. The lowest BCUT2D eigenvalue weighted by Crippen LogP contribution is -2.02. The largest absolute Gasteiger partial charge is 0.493 e. The van der Waals surface area contributed by atoms with Crippen molar-refractivity contribution >= 4 is 11.7 Å². The predicted octanol–water partition coefficient (Wildman–Crippen LogP) is 3.09. The van der Waals surface area contributed by atoms with E-state index >= 15 is 0 Å². The van der Waals surface area contributed by atoms with Crippen LogP contribution in [0.3, 0.4) is 0 Å². The van der Waals surface area contributed by atoms with Crippen LogP contribution in [0.5, 0.6) is 17.2 Å². The van der Waals surface area contributed by atoms with Crippen molar-refractivity contribution in [1.82, 2.24) is 0 Å². The van der Waals surface area contributed by atoms with Crippen LogP contribution in [0.25, 0.3) is 0 Å². The maximum Gasteiger partial charge on any atom is 0.339 e. The number of methoxy groups -OCH3 is 1. The Morgan fingerprint density at radius 3 is 2.38 bits per heavy atom. The molecule has 2 aromatic carbocycles. The summed E-state index contributed by atoms with van der Waals surface area (Å²) < 4.78 is 10.6. The van der Waals surface area contributed by atoms with Crippen molar-refractivity contribution in [3.8, 4) is 17.2 Å². The molecule has 0 aliphatic rings. The minimum Gasteiger partial charge on any atom is -0.493 e. The highest BCUT2D eigenvalue weighted by Crippen LogP contribution is 2.34. The lowest BCUT2D eigenvalue weighted by Gasteiger charge is -2.11. The summed E-state index contributed by atoms with van der Waals surface area (Å²) in [6, 6.07) is 10.1. The Bertz CT molecular complexity index is 698. The van der Waals surface area contributed by atoms with Crippen molar-refractivity contribution in [2.45, 2.75) is 0 Å². The van der Waals surface area contributed by atoms with Crippen LogP contribution >= 0.6 is 0 Å². The summed E-state index contributed by atoms with van der Waals surface area (Å²) in [6.45, 7) is 0. The molecule has 0 aromatic heterocycles. The number of carboxylic acid groups (broad SMARTS) is 1. The van der Waals surface area contributed by atoms with Crippen LogP contribution in [0.2, 0.25) is 0 Å². The van der Waals surface area contributed by atoms with E-state index in [0.717, 1.165) is 6.07 Å². The fraction of sp³-hybridized carbons (Fsp3) is 0.0714. The fourth-order valence-corrected chi connectivity index (χ4v) is 1.71. The average Bonchev–Trinajstić information content (AvgIpc) is 2.47. The quantitative estimate of drug-likeness (QED) is 0.670. The minimum atomic E-state index is -1.32. The molecule has 0 bridgehead atoms. The van der Waals surface area contributed by atoms with E-state index in [1.807, 2.05) is 0 Å². The smallest absolute Gasteiger partial charge is 0.339 e. The van der Waals surface area contributed by atoms with E-state index < -0.39 is 10.9 Å². The number of nitro benzene ring substituents is 1. The number of ether oxygens (including phenoxy) is 2. The molecule has 0 spiro atoms. The lowest BCUT2D eigenvalue weighted by atomic mass is 10.2. The molecule has 0 unspecified atom stereocenters. The number of benzene rings is 2. The minimum absolute atomic E-state index is 0.00222. The number of carbonyl (C=O) groups is 1. The van der Waals surface area contributed by atoms with E-state index in [0.29, 0.717) is 11.5 Å². The third kappa shape index (κ3) is 3.08. The monoisotopic (exact) mass is 289 g/mol. The highest BCUT2D eigenvalue weighted by atomic mass is 16.6. The van der Waals surface area contributed by atoms with Gasteiger partial charge in [0.15, 0.2) is 11.5 Å². The van der Waals surface area contributed by atoms with E-state index in [1.165, 1.54) is 19.2 Å².